The smallest absolute Gasteiger partial charge is 0.379 e. The van der Waals surface area contributed by atoms with Crippen molar-refractivity contribution in [2.75, 3.05) is 27.4 Å². The highest BCUT2D eigenvalue weighted by Crippen LogP contribution is 2.49. The highest BCUT2D eigenvalue weighted by Gasteiger charge is 2.30. The molecular formula is C6H13O5P. The van der Waals surface area contributed by atoms with Crippen molar-refractivity contribution in [3.63, 3.8) is 0 Å². The summed E-state index contributed by atoms with van der Waals surface area (Å²) in [5, 5.41) is 0. The number of rotatable bonds is 4. The van der Waals surface area contributed by atoms with Crippen LogP contribution in [0.4, 0.5) is 0 Å². The summed E-state index contributed by atoms with van der Waals surface area (Å²) in [6.45, 7) is 1.09. The summed E-state index contributed by atoms with van der Waals surface area (Å²) in [6, 6.07) is 0. The van der Waals surface area contributed by atoms with Crippen LogP contribution in [0.25, 0.3) is 0 Å². The molecule has 1 aliphatic heterocycles. The highest BCUT2D eigenvalue weighted by atomic mass is 31.2. The van der Waals surface area contributed by atoms with E-state index < -0.39 is 7.82 Å². The zero-order valence-corrected chi connectivity index (χ0v) is 8.08. The zero-order chi connectivity index (χ0) is 9.03. The molecule has 0 amide bonds. The first-order chi connectivity index (χ1) is 5.70. The topological polar surface area (TPSA) is 54.0 Å². The molecule has 0 aromatic carbocycles. The van der Waals surface area contributed by atoms with Crippen LogP contribution in [-0.4, -0.2) is 33.5 Å². The maximum absolute atomic E-state index is 11.4. The van der Waals surface area contributed by atoms with Gasteiger partial charge in [-0.05, 0) is 6.42 Å². The maximum Gasteiger partial charge on any atom is 0.474 e. The van der Waals surface area contributed by atoms with Crippen molar-refractivity contribution in [2.24, 2.45) is 0 Å². The fourth-order valence-corrected chi connectivity index (χ4v) is 1.79. The molecule has 72 valence electrons. The normalized spacial score (nSPS) is 24.7. The Morgan fingerprint density at radius 2 is 2.08 bits per heavy atom. The molecule has 1 atom stereocenters. The van der Waals surface area contributed by atoms with Crippen LogP contribution in [0.2, 0.25) is 0 Å². The highest BCUT2D eigenvalue weighted by molar-refractivity contribution is 7.48. The Kier molecular flexibility index (Phi) is 3.68. The van der Waals surface area contributed by atoms with Gasteiger partial charge in [-0.15, -0.1) is 0 Å². The lowest BCUT2D eigenvalue weighted by atomic mass is 10.3. The molecule has 0 aromatic heterocycles. The molecule has 6 heteroatoms. The molecule has 0 spiro atoms. The van der Waals surface area contributed by atoms with E-state index in [4.69, 9.17) is 9.26 Å². The van der Waals surface area contributed by atoms with Crippen LogP contribution in [-0.2, 0) is 22.9 Å². The molecule has 0 unspecified atom stereocenters. The third-order valence-corrected chi connectivity index (χ3v) is 3.06. The average Bonchev–Trinajstić information content (AvgIpc) is 2.57. The lowest BCUT2D eigenvalue weighted by Gasteiger charge is -2.16. The Hall–Kier alpha value is 0.0700. The van der Waals surface area contributed by atoms with Gasteiger partial charge >= 0.3 is 7.82 Å². The summed E-state index contributed by atoms with van der Waals surface area (Å²) in [6.07, 6.45) is 0.562. The lowest BCUT2D eigenvalue weighted by Crippen LogP contribution is -2.11. The molecule has 0 N–H and O–H groups in total. The minimum absolute atomic E-state index is 0.171. The molecule has 5 nitrogen and oxygen atoms in total. The van der Waals surface area contributed by atoms with Crippen molar-refractivity contribution in [1.29, 1.82) is 0 Å². The quantitative estimate of drug-likeness (QED) is 0.632. The van der Waals surface area contributed by atoms with Crippen LogP contribution in [0.3, 0.4) is 0 Å². The van der Waals surface area contributed by atoms with Crippen LogP contribution in [0.15, 0.2) is 0 Å². The number of hydrogen-bond donors (Lipinski definition) is 0. The standard InChI is InChI=1S/C6H13O5P/c1-8-12(7,9-2)11-6-3-4-10-5-6/h6H,3-5H2,1-2H3/t6-/m0/s1. The van der Waals surface area contributed by atoms with Crippen LogP contribution in [0.1, 0.15) is 6.42 Å². The fraction of sp³-hybridized carbons (Fsp3) is 1.00. The van der Waals surface area contributed by atoms with Gasteiger partial charge in [-0.2, -0.15) is 0 Å². The van der Waals surface area contributed by atoms with E-state index in [-0.39, 0.29) is 6.10 Å². The van der Waals surface area contributed by atoms with Gasteiger partial charge < -0.3 is 4.74 Å². The Bertz CT molecular complexity index is 169. The zero-order valence-electron chi connectivity index (χ0n) is 7.19. The number of phosphoric ester groups is 1. The first-order valence-electron chi connectivity index (χ1n) is 3.68. The predicted octanol–water partition coefficient (Wildman–Crippen LogP) is 1.19. The van der Waals surface area contributed by atoms with Gasteiger partial charge in [-0.3, -0.25) is 13.6 Å². The molecule has 12 heavy (non-hydrogen) atoms. The summed E-state index contributed by atoms with van der Waals surface area (Å²) in [5.41, 5.74) is 0. The van der Waals surface area contributed by atoms with E-state index in [0.717, 1.165) is 6.42 Å². The monoisotopic (exact) mass is 196 g/mol. The molecule has 0 bridgehead atoms. The maximum atomic E-state index is 11.4. The van der Waals surface area contributed by atoms with E-state index >= 15 is 0 Å². The molecule has 0 aliphatic carbocycles. The fourth-order valence-electron chi connectivity index (χ4n) is 0.939. The van der Waals surface area contributed by atoms with Crippen molar-refractivity contribution < 1.29 is 22.9 Å². The molecule has 1 heterocycles. The number of ether oxygens (including phenoxy) is 1. The van der Waals surface area contributed by atoms with Crippen molar-refractivity contribution in [3.8, 4) is 0 Å². The Labute approximate surface area is 71.6 Å². The molecule has 0 saturated carbocycles. The van der Waals surface area contributed by atoms with Crippen LogP contribution >= 0.6 is 7.82 Å². The number of hydrogen-bond acceptors (Lipinski definition) is 5. The van der Waals surface area contributed by atoms with Gasteiger partial charge in [0.25, 0.3) is 0 Å². The second-order valence-corrected chi connectivity index (χ2v) is 4.24. The molecule has 1 aliphatic rings. The average molecular weight is 196 g/mol. The summed E-state index contributed by atoms with van der Waals surface area (Å²) in [5.74, 6) is 0. The Balaban J connectivity index is 2.41. The first-order valence-corrected chi connectivity index (χ1v) is 5.14. The third kappa shape index (κ3) is 2.54. The van der Waals surface area contributed by atoms with Gasteiger partial charge in [-0.1, -0.05) is 0 Å². The summed E-state index contributed by atoms with van der Waals surface area (Å²) < 4.78 is 30.7. The molecular weight excluding hydrogens is 183 g/mol. The van der Waals surface area contributed by atoms with E-state index in [9.17, 15) is 4.57 Å². The molecule has 1 fully saturated rings. The van der Waals surface area contributed by atoms with Crippen molar-refractivity contribution >= 4 is 7.82 Å². The van der Waals surface area contributed by atoms with Gasteiger partial charge in [0, 0.05) is 20.8 Å². The van der Waals surface area contributed by atoms with Crippen LogP contribution in [0.5, 0.6) is 0 Å². The second kappa shape index (κ2) is 4.35. The largest absolute Gasteiger partial charge is 0.474 e. The minimum atomic E-state index is -3.31. The molecule has 1 rings (SSSR count). The van der Waals surface area contributed by atoms with E-state index in [1.165, 1.54) is 14.2 Å². The van der Waals surface area contributed by atoms with E-state index in [1.54, 1.807) is 0 Å². The summed E-state index contributed by atoms with van der Waals surface area (Å²) in [7, 11) is -0.727. The Morgan fingerprint density at radius 1 is 1.42 bits per heavy atom. The van der Waals surface area contributed by atoms with Crippen molar-refractivity contribution in [1.82, 2.24) is 0 Å². The van der Waals surface area contributed by atoms with E-state index in [2.05, 4.69) is 9.05 Å². The summed E-state index contributed by atoms with van der Waals surface area (Å²) >= 11 is 0. The lowest BCUT2D eigenvalue weighted by molar-refractivity contribution is 0.0895. The van der Waals surface area contributed by atoms with Crippen molar-refractivity contribution in [3.05, 3.63) is 0 Å². The SMILES string of the molecule is COP(=O)(OC)O[C@H]1CCOC1. The third-order valence-electron chi connectivity index (χ3n) is 1.61. The molecule has 1 saturated heterocycles. The summed E-state index contributed by atoms with van der Waals surface area (Å²) in [4.78, 5) is 0. The van der Waals surface area contributed by atoms with Gasteiger partial charge in [0.05, 0.1) is 12.7 Å². The molecule has 0 radical (unpaired) electrons. The van der Waals surface area contributed by atoms with Gasteiger partial charge in [0.2, 0.25) is 0 Å². The minimum Gasteiger partial charge on any atom is -0.379 e. The van der Waals surface area contributed by atoms with E-state index in [1.807, 2.05) is 0 Å². The Morgan fingerprint density at radius 3 is 2.50 bits per heavy atom. The van der Waals surface area contributed by atoms with E-state index in [0.29, 0.717) is 13.2 Å². The van der Waals surface area contributed by atoms with Gasteiger partial charge in [0.1, 0.15) is 0 Å². The van der Waals surface area contributed by atoms with Crippen LogP contribution < -0.4 is 0 Å². The number of phosphoric acid groups is 1. The second-order valence-electron chi connectivity index (χ2n) is 2.40. The predicted molar refractivity (Wildman–Crippen MR) is 41.9 cm³/mol. The van der Waals surface area contributed by atoms with Gasteiger partial charge in [-0.25, -0.2) is 4.57 Å². The first kappa shape index (κ1) is 10.2. The molecule has 0 aromatic rings. The van der Waals surface area contributed by atoms with Crippen LogP contribution in [0, 0.1) is 0 Å². The van der Waals surface area contributed by atoms with Crippen molar-refractivity contribution in [2.45, 2.75) is 12.5 Å². The van der Waals surface area contributed by atoms with Gasteiger partial charge in [0.15, 0.2) is 0 Å².